The minimum absolute atomic E-state index is 0.323. The highest BCUT2D eigenvalue weighted by atomic mass is 32.2. The standard InChI is InChI=1S/C13H27N3O2S/c1-15(10-12-5-2-3-6-12)19(17,18)16-8-4-7-13(9-14)11-16/h12-13H,2-11,14H2,1H3. The first-order valence-electron chi connectivity index (χ1n) is 7.45. The number of hydrogen-bond donors (Lipinski definition) is 1. The van der Waals surface area contributed by atoms with Gasteiger partial charge >= 0.3 is 0 Å². The molecule has 2 aliphatic rings. The lowest BCUT2D eigenvalue weighted by Crippen LogP contribution is -2.48. The topological polar surface area (TPSA) is 66.6 Å². The molecule has 6 heteroatoms. The molecule has 1 aliphatic carbocycles. The molecule has 1 unspecified atom stereocenters. The van der Waals surface area contributed by atoms with Gasteiger partial charge in [-0.05, 0) is 44.1 Å². The lowest BCUT2D eigenvalue weighted by Gasteiger charge is -2.34. The molecule has 0 bridgehead atoms. The van der Waals surface area contributed by atoms with Gasteiger partial charge in [-0.2, -0.15) is 17.0 Å². The predicted molar refractivity (Wildman–Crippen MR) is 76.9 cm³/mol. The van der Waals surface area contributed by atoms with Crippen LogP contribution in [0.4, 0.5) is 0 Å². The van der Waals surface area contributed by atoms with E-state index in [9.17, 15) is 8.42 Å². The van der Waals surface area contributed by atoms with Crippen molar-refractivity contribution in [1.82, 2.24) is 8.61 Å². The maximum atomic E-state index is 12.5. The van der Waals surface area contributed by atoms with Gasteiger partial charge in [-0.1, -0.05) is 12.8 Å². The summed E-state index contributed by atoms with van der Waals surface area (Å²) in [6.45, 7) is 2.49. The maximum Gasteiger partial charge on any atom is 0.281 e. The highest BCUT2D eigenvalue weighted by Crippen LogP contribution is 2.27. The van der Waals surface area contributed by atoms with E-state index in [0.717, 1.165) is 12.8 Å². The van der Waals surface area contributed by atoms with Gasteiger partial charge in [-0.3, -0.25) is 0 Å². The Morgan fingerprint density at radius 1 is 1.16 bits per heavy atom. The van der Waals surface area contributed by atoms with Crippen LogP contribution in [0, 0.1) is 11.8 Å². The second kappa shape index (κ2) is 6.52. The Hall–Kier alpha value is -0.170. The fraction of sp³-hybridized carbons (Fsp3) is 1.00. The third-order valence-corrected chi connectivity index (χ3v) is 6.45. The summed E-state index contributed by atoms with van der Waals surface area (Å²) >= 11 is 0. The van der Waals surface area contributed by atoms with Crippen LogP contribution in [-0.4, -0.2) is 50.3 Å². The Morgan fingerprint density at radius 2 is 1.79 bits per heavy atom. The summed E-state index contributed by atoms with van der Waals surface area (Å²) in [5, 5.41) is 0. The van der Waals surface area contributed by atoms with Crippen LogP contribution >= 0.6 is 0 Å². The molecular formula is C13H27N3O2S. The van der Waals surface area contributed by atoms with Crippen molar-refractivity contribution in [1.29, 1.82) is 0 Å². The predicted octanol–water partition coefficient (Wildman–Crippen LogP) is 1.02. The van der Waals surface area contributed by atoms with E-state index in [4.69, 9.17) is 5.73 Å². The highest BCUT2D eigenvalue weighted by Gasteiger charge is 2.32. The molecule has 5 nitrogen and oxygen atoms in total. The number of nitrogens with two attached hydrogens (primary N) is 1. The SMILES string of the molecule is CN(CC1CCCC1)S(=O)(=O)N1CCCC(CN)C1. The Morgan fingerprint density at radius 3 is 2.42 bits per heavy atom. The molecule has 0 aromatic rings. The lowest BCUT2D eigenvalue weighted by molar-refractivity contribution is 0.250. The van der Waals surface area contributed by atoms with Crippen LogP contribution in [0.5, 0.6) is 0 Å². The molecule has 2 N–H and O–H groups in total. The zero-order chi connectivity index (χ0) is 13.9. The van der Waals surface area contributed by atoms with Gasteiger partial charge in [-0.25, -0.2) is 0 Å². The zero-order valence-electron chi connectivity index (χ0n) is 11.9. The Bertz CT molecular complexity index is 379. The van der Waals surface area contributed by atoms with Crippen molar-refractivity contribution in [3.63, 3.8) is 0 Å². The molecular weight excluding hydrogens is 262 g/mol. The minimum Gasteiger partial charge on any atom is -0.330 e. The van der Waals surface area contributed by atoms with Crippen molar-refractivity contribution in [3.05, 3.63) is 0 Å². The first kappa shape index (κ1) is 15.2. The van der Waals surface area contributed by atoms with E-state index < -0.39 is 10.2 Å². The summed E-state index contributed by atoms with van der Waals surface area (Å²) in [5.41, 5.74) is 5.68. The zero-order valence-corrected chi connectivity index (χ0v) is 12.7. The molecule has 0 aromatic carbocycles. The monoisotopic (exact) mass is 289 g/mol. The highest BCUT2D eigenvalue weighted by molar-refractivity contribution is 7.86. The van der Waals surface area contributed by atoms with Gasteiger partial charge in [0.05, 0.1) is 0 Å². The third kappa shape index (κ3) is 3.68. The van der Waals surface area contributed by atoms with Crippen molar-refractivity contribution in [2.45, 2.75) is 38.5 Å². The van der Waals surface area contributed by atoms with E-state index in [1.165, 1.54) is 25.7 Å². The summed E-state index contributed by atoms with van der Waals surface area (Å²) in [7, 11) is -1.56. The van der Waals surface area contributed by atoms with Gasteiger partial charge in [0.1, 0.15) is 0 Å². The van der Waals surface area contributed by atoms with Crippen LogP contribution in [0.25, 0.3) is 0 Å². The average molecular weight is 289 g/mol. The van der Waals surface area contributed by atoms with Crippen LogP contribution < -0.4 is 5.73 Å². The van der Waals surface area contributed by atoms with Crippen LogP contribution in [0.15, 0.2) is 0 Å². The van der Waals surface area contributed by atoms with E-state index in [0.29, 0.717) is 38.0 Å². The molecule has 1 aliphatic heterocycles. The second-order valence-corrected chi connectivity index (χ2v) is 8.08. The Labute approximate surface area is 117 Å². The van der Waals surface area contributed by atoms with Crippen molar-refractivity contribution in [2.75, 3.05) is 33.2 Å². The van der Waals surface area contributed by atoms with Crippen molar-refractivity contribution in [3.8, 4) is 0 Å². The molecule has 1 saturated carbocycles. The smallest absolute Gasteiger partial charge is 0.281 e. The average Bonchev–Trinajstić information content (AvgIpc) is 2.91. The number of hydrogen-bond acceptors (Lipinski definition) is 3. The Balaban J connectivity index is 1.95. The minimum atomic E-state index is -3.28. The molecule has 1 atom stereocenters. The molecule has 2 rings (SSSR count). The fourth-order valence-corrected chi connectivity index (χ4v) is 4.83. The van der Waals surface area contributed by atoms with Gasteiger partial charge < -0.3 is 5.73 Å². The summed E-state index contributed by atoms with van der Waals surface area (Å²) in [5.74, 6) is 0.873. The van der Waals surface area contributed by atoms with E-state index in [-0.39, 0.29) is 0 Å². The van der Waals surface area contributed by atoms with Gasteiger partial charge in [-0.15, -0.1) is 0 Å². The molecule has 19 heavy (non-hydrogen) atoms. The lowest BCUT2D eigenvalue weighted by atomic mass is 10.0. The molecule has 0 radical (unpaired) electrons. The molecule has 112 valence electrons. The van der Waals surface area contributed by atoms with Crippen molar-refractivity contribution in [2.24, 2.45) is 17.6 Å². The normalized spacial score (nSPS) is 27.2. The van der Waals surface area contributed by atoms with Crippen molar-refractivity contribution < 1.29 is 8.42 Å². The number of rotatable bonds is 5. The molecule has 1 saturated heterocycles. The van der Waals surface area contributed by atoms with Gasteiger partial charge in [0.2, 0.25) is 0 Å². The number of nitrogens with zero attached hydrogens (tertiary/aromatic N) is 2. The van der Waals surface area contributed by atoms with Gasteiger partial charge in [0.15, 0.2) is 0 Å². The van der Waals surface area contributed by atoms with Crippen LogP contribution in [0.3, 0.4) is 0 Å². The van der Waals surface area contributed by atoms with Gasteiger partial charge in [0, 0.05) is 26.7 Å². The molecule has 1 heterocycles. The summed E-state index contributed by atoms with van der Waals surface area (Å²) < 4.78 is 28.3. The first-order valence-corrected chi connectivity index (χ1v) is 8.85. The van der Waals surface area contributed by atoms with Crippen molar-refractivity contribution >= 4 is 10.2 Å². The number of piperidine rings is 1. The maximum absolute atomic E-state index is 12.5. The summed E-state index contributed by atoms with van der Waals surface area (Å²) in [6, 6.07) is 0. The van der Waals surface area contributed by atoms with E-state index in [1.807, 2.05) is 0 Å². The molecule has 0 spiro atoms. The Kier molecular flexibility index (Phi) is 5.22. The largest absolute Gasteiger partial charge is 0.330 e. The molecule has 0 amide bonds. The van der Waals surface area contributed by atoms with E-state index in [1.54, 1.807) is 15.7 Å². The quantitative estimate of drug-likeness (QED) is 0.822. The van der Waals surface area contributed by atoms with E-state index >= 15 is 0 Å². The fourth-order valence-electron chi connectivity index (χ4n) is 3.28. The second-order valence-electron chi connectivity index (χ2n) is 6.04. The van der Waals surface area contributed by atoms with E-state index in [2.05, 4.69) is 0 Å². The van der Waals surface area contributed by atoms with Gasteiger partial charge in [0.25, 0.3) is 10.2 Å². The molecule has 2 fully saturated rings. The first-order chi connectivity index (χ1) is 9.04. The third-order valence-electron chi connectivity index (χ3n) is 4.53. The summed E-state index contributed by atoms with van der Waals surface area (Å²) in [4.78, 5) is 0. The van der Waals surface area contributed by atoms with Crippen LogP contribution in [0.1, 0.15) is 38.5 Å². The van der Waals surface area contributed by atoms with Crippen LogP contribution in [0.2, 0.25) is 0 Å². The summed E-state index contributed by atoms with van der Waals surface area (Å²) in [6.07, 6.45) is 6.82. The molecule has 0 aromatic heterocycles. The van der Waals surface area contributed by atoms with Crippen LogP contribution in [-0.2, 0) is 10.2 Å².